The predicted molar refractivity (Wildman–Crippen MR) is 86.8 cm³/mol. The van der Waals surface area contributed by atoms with E-state index in [0.29, 0.717) is 6.54 Å². The van der Waals surface area contributed by atoms with E-state index in [1.807, 2.05) is 12.1 Å². The maximum atomic E-state index is 5.69. The molecule has 0 saturated carbocycles. The Hall–Kier alpha value is -1.46. The highest BCUT2D eigenvalue weighted by molar-refractivity contribution is 8.00. The fraction of sp³-hybridized carbons (Fsp3) is 0.267. The van der Waals surface area contributed by atoms with E-state index in [-0.39, 0.29) is 0 Å². The number of fused-ring (bicyclic) bond motifs is 1. The summed E-state index contributed by atoms with van der Waals surface area (Å²) in [5, 5.41) is 3.40. The van der Waals surface area contributed by atoms with Crippen molar-refractivity contribution in [3.8, 4) is 0 Å². The topological polar surface area (TPSA) is 38.1 Å². The summed E-state index contributed by atoms with van der Waals surface area (Å²) in [5.41, 5.74) is 2.17. The van der Waals surface area contributed by atoms with E-state index in [1.165, 1.54) is 4.70 Å². The van der Waals surface area contributed by atoms with Crippen LogP contribution in [0.25, 0.3) is 10.2 Å². The molecule has 3 rings (SSSR count). The number of aryl methyl sites for hydroxylation is 1. The molecule has 2 heterocycles. The maximum absolute atomic E-state index is 5.69. The molecule has 3 nitrogen and oxygen atoms in total. The number of benzene rings is 1. The Morgan fingerprint density at radius 1 is 1.25 bits per heavy atom. The second kappa shape index (κ2) is 5.89. The zero-order chi connectivity index (χ0) is 13.9. The Kier molecular flexibility index (Phi) is 3.98. The van der Waals surface area contributed by atoms with E-state index >= 15 is 0 Å². The third kappa shape index (κ3) is 2.83. The largest absolute Gasteiger partial charge is 0.464 e. The van der Waals surface area contributed by atoms with Gasteiger partial charge >= 0.3 is 0 Å². The molecule has 0 radical (unpaired) electrons. The van der Waals surface area contributed by atoms with Gasteiger partial charge in [0.15, 0.2) is 4.34 Å². The lowest BCUT2D eigenvalue weighted by Crippen LogP contribution is -1.97. The smallest absolute Gasteiger partial charge is 0.150 e. The van der Waals surface area contributed by atoms with Crippen molar-refractivity contribution >= 4 is 39.0 Å². The van der Waals surface area contributed by atoms with E-state index in [4.69, 9.17) is 4.42 Å². The maximum Gasteiger partial charge on any atom is 0.150 e. The Morgan fingerprint density at radius 2 is 2.10 bits per heavy atom. The number of nitrogens with one attached hydrogen (secondary N) is 1. The van der Waals surface area contributed by atoms with Crippen molar-refractivity contribution in [1.82, 2.24) is 4.98 Å². The number of rotatable bonds is 5. The number of furan rings is 1. The molecule has 0 fully saturated rings. The molecule has 1 aromatic carbocycles. The summed E-state index contributed by atoms with van der Waals surface area (Å²) in [4.78, 5) is 4.54. The molecule has 2 aromatic heterocycles. The fourth-order valence-electron chi connectivity index (χ4n) is 2.00. The minimum absolute atomic E-state index is 0.708. The molecule has 3 aromatic rings. The second-order valence-electron chi connectivity index (χ2n) is 4.44. The number of anilines is 1. The third-order valence-corrected chi connectivity index (χ3v) is 5.08. The van der Waals surface area contributed by atoms with Crippen molar-refractivity contribution in [2.75, 3.05) is 11.6 Å². The molecule has 0 atom stereocenters. The van der Waals surface area contributed by atoms with Gasteiger partial charge in [0.1, 0.15) is 11.5 Å². The highest BCUT2D eigenvalue weighted by atomic mass is 32.2. The van der Waals surface area contributed by atoms with Gasteiger partial charge < -0.3 is 9.73 Å². The standard InChI is InChI=1S/C15H16N2OS2/c1-3-11-5-6-12(18-11)9-16-10-4-7-13-14(8-10)20-15(17-13)19-2/h4-8,16H,3,9H2,1-2H3. The Bertz CT molecular complexity index is 718. The van der Waals surface area contributed by atoms with Gasteiger partial charge in [0.05, 0.1) is 16.8 Å². The van der Waals surface area contributed by atoms with Gasteiger partial charge in [0.2, 0.25) is 0 Å². The number of hydrogen-bond donors (Lipinski definition) is 1. The van der Waals surface area contributed by atoms with Crippen molar-refractivity contribution in [2.24, 2.45) is 0 Å². The summed E-state index contributed by atoms with van der Waals surface area (Å²) in [6, 6.07) is 10.3. The Labute approximate surface area is 126 Å². The molecule has 5 heteroatoms. The summed E-state index contributed by atoms with van der Waals surface area (Å²) in [5.74, 6) is 2.00. The minimum atomic E-state index is 0.708. The van der Waals surface area contributed by atoms with Gasteiger partial charge in [0, 0.05) is 12.1 Å². The molecule has 0 unspecified atom stereocenters. The van der Waals surface area contributed by atoms with E-state index in [9.17, 15) is 0 Å². The van der Waals surface area contributed by atoms with Crippen LogP contribution in [0.4, 0.5) is 5.69 Å². The van der Waals surface area contributed by atoms with Crippen LogP contribution in [0.5, 0.6) is 0 Å². The van der Waals surface area contributed by atoms with E-state index < -0.39 is 0 Å². The first-order chi connectivity index (χ1) is 9.78. The van der Waals surface area contributed by atoms with Gasteiger partial charge in [-0.3, -0.25) is 0 Å². The number of thiazole rings is 1. The monoisotopic (exact) mass is 304 g/mol. The molecule has 0 bridgehead atoms. The quantitative estimate of drug-likeness (QED) is 0.688. The van der Waals surface area contributed by atoms with Crippen molar-refractivity contribution in [2.45, 2.75) is 24.2 Å². The van der Waals surface area contributed by atoms with Crippen LogP contribution in [-0.4, -0.2) is 11.2 Å². The highest BCUT2D eigenvalue weighted by Crippen LogP contribution is 2.30. The molecule has 0 saturated heterocycles. The van der Waals surface area contributed by atoms with Gasteiger partial charge in [-0.05, 0) is 36.6 Å². The van der Waals surface area contributed by atoms with Gasteiger partial charge in [-0.15, -0.1) is 11.3 Å². The summed E-state index contributed by atoms with van der Waals surface area (Å²) in [6.45, 7) is 2.80. The average molecular weight is 304 g/mol. The second-order valence-corrected chi connectivity index (χ2v) is 6.53. The first-order valence-electron chi connectivity index (χ1n) is 6.54. The van der Waals surface area contributed by atoms with Crippen LogP contribution in [0.15, 0.2) is 39.1 Å². The lowest BCUT2D eigenvalue weighted by atomic mass is 10.3. The van der Waals surface area contributed by atoms with Crippen molar-refractivity contribution in [1.29, 1.82) is 0 Å². The highest BCUT2D eigenvalue weighted by Gasteiger charge is 2.05. The normalized spacial score (nSPS) is 11.1. The van der Waals surface area contributed by atoms with Gasteiger partial charge in [0.25, 0.3) is 0 Å². The predicted octanol–water partition coefficient (Wildman–Crippen LogP) is 4.79. The Morgan fingerprint density at radius 3 is 2.85 bits per heavy atom. The SMILES string of the molecule is CCc1ccc(CNc2ccc3nc(SC)sc3c2)o1. The van der Waals surface area contributed by atoms with Crippen LogP contribution < -0.4 is 5.32 Å². The van der Waals surface area contributed by atoms with Gasteiger partial charge in [-0.2, -0.15) is 0 Å². The molecular weight excluding hydrogens is 288 g/mol. The summed E-state index contributed by atoms with van der Waals surface area (Å²) in [6.07, 6.45) is 2.99. The Balaban J connectivity index is 1.73. The molecular formula is C15H16N2OS2. The van der Waals surface area contributed by atoms with E-state index in [1.54, 1.807) is 23.1 Å². The lowest BCUT2D eigenvalue weighted by molar-refractivity contribution is 0.476. The molecule has 104 valence electrons. The van der Waals surface area contributed by atoms with Crippen molar-refractivity contribution in [3.05, 3.63) is 41.9 Å². The number of nitrogens with zero attached hydrogens (tertiary/aromatic N) is 1. The molecule has 1 N–H and O–H groups in total. The van der Waals surface area contributed by atoms with Crippen LogP contribution >= 0.6 is 23.1 Å². The molecule has 0 spiro atoms. The zero-order valence-electron chi connectivity index (χ0n) is 11.5. The van der Waals surface area contributed by atoms with Crippen molar-refractivity contribution in [3.63, 3.8) is 0 Å². The van der Waals surface area contributed by atoms with Crippen molar-refractivity contribution < 1.29 is 4.42 Å². The third-order valence-electron chi connectivity index (χ3n) is 3.08. The fourth-order valence-corrected chi connectivity index (χ4v) is 3.53. The summed E-state index contributed by atoms with van der Waals surface area (Å²) in [7, 11) is 0. The number of hydrogen-bond acceptors (Lipinski definition) is 5. The van der Waals surface area contributed by atoms with Crippen LogP contribution in [0.2, 0.25) is 0 Å². The first kappa shape index (κ1) is 13.5. The minimum Gasteiger partial charge on any atom is -0.464 e. The van der Waals surface area contributed by atoms with Crippen LogP contribution in [-0.2, 0) is 13.0 Å². The number of thioether (sulfide) groups is 1. The van der Waals surface area contributed by atoms with E-state index in [2.05, 4.69) is 41.7 Å². The summed E-state index contributed by atoms with van der Waals surface area (Å²) >= 11 is 3.42. The van der Waals surface area contributed by atoms with Gasteiger partial charge in [-0.25, -0.2) is 4.98 Å². The molecule has 0 amide bonds. The van der Waals surface area contributed by atoms with Crippen LogP contribution in [0, 0.1) is 0 Å². The molecule has 20 heavy (non-hydrogen) atoms. The van der Waals surface area contributed by atoms with E-state index in [0.717, 1.165) is 33.5 Å². The van der Waals surface area contributed by atoms with Crippen LogP contribution in [0.1, 0.15) is 18.4 Å². The number of aromatic nitrogens is 1. The van der Waals surface area contributed by atoms with Gasteiger partial charge in [-0.1, -0.05) is 18.7 Å². The summed E-state index contributed by atoms with van der Waals surface area (Å²) < 4.78 is 8.01. The molecule has 0 aliphatic rings. The molecule has 0 aliphatic heterocycles. The molecule has 0 aliphatic carbocycles. The average Bonchev–Trinajstić information content (AvgIpc) is 3.10. The van der Waals surface area contributed by atoms with Crippen LogP contribution in [0.3, 0.4) is 0 Å². The first-order valence-corrected chi connectivity index (χ1v) is 8.58. The lowest BCUT2D eigenvalue weighted by Gasteiger charge is -2.04. The zero-order valence-corrected chi connectivity index (χ0v) is 13.1.